The predicted molar refractivity (Wildman–Crippen MR) is 78.5 cm³/mol. The summed E-state index contributed by atoms with van der Waals surface area (Å²) < 4.78 is 0. The zero-order valence-electron chi connectivity index (χ0n) is 12.1. The van der Waals surface area contributed by atoms with Crippen molar-refractivity contribution in [3.63, 3.8) is 0 Å². The van der Waals surface area contributed by atoms with E-state index in [1.165, 1.54) is 6.07 Å². The number of hydrogen-bond acceptors (Lipinski definition) is 4. The van der Waals surface area contributed by atoms with Gasteiger partial charge in [-0.05, 0) is 25.3 Å². The SMILES string of the molecule is Cc1c(N(C)CCC(N)C(C)C)cccc1[N+](=O)[O-]. The monoisotopic (exact) mass is 265 g/mol. The van der Waals surface area contributed by atoms with E-state index in [4.69, 9.17) is 5.73 Å². The molecule has 0 aliphatic carbocycles. The number of nitro groups is 1. The topological polar surface area (TPSA) is 72.4 Å². The van der Waals surface area contributed by atoms with E-state index in [1.54, 1.807) is 13.0 Å². The maximum absolute atomic E-state index is 10.9. The first-order chi connectivity index (χ1) is 8.84. The average molecular weight is 265 g/mol. The number of nitrogens with two attached hydrogens (primary N) is 1. The second kappa shape index (κ2) is 6.52. The van der Waals surface area contributed by atoms with Crippen molar-refractivity contribution in [2.24, 2.45) is 11.7 Å². The molecule has 1 aromatic carbocycles. The first-order valence-corrected chi connectivity index (χ1v) is 6.55. The third kappa shape index (κ3) is 3.92. The molecule has 106 valence electrons. The van der Waals surface area contributed by atoms with Gasteiger partial charge in [-0.15, -0.1) is 0 Å². The number of nitrogens with zero attached hydrogens (tertiary/aromatic N) is 2. The van der Waals surface area contributed by atoms with Gasteiger partial charge in [0.25, 0.3) is 5.69 Å². The van der Waals surface area contributed by atoms with Crippen molar-refractivity contribution in [2.45, 2.75) is 33.2 Å². The molecule has 19 heavy (non-hydrogen) atoms. The van der Waals surface area contributed by atoms with Crippen LogP contribution in [0.3, 0.4) is 0 Å². The van der Waals surface area contributed by atoms with Crippen LogP contribution in [0.4, 0.5) is 11.4 Å². The van der Waals surface area contributed by atoms with Crippen LogP contribution in [0.2, 0.25) is 0 Å². The van der Waals surface area contributed by atoms with E-state index in [9.17, 15) is 10.1 Å². The summed E-state index contributed by atoms with van der Waals surface area (Å²) in [7, 11) is 1.94. The van der Waals surface area contributed by atoms with E-state index < -0.39 is 0 Å². The van der Waals surface area contributed by atoms with E-state index in [1.807, 2.05) is 18.0 Å². The van der Waals surface area contributed by atoms with Gasteiger partial charge in [0.15, 0.2) is 0 Å². The van der Waals surface area contributed by atoms with Gasteiger partial charge in [-0.3, -0.25) is 10.1 Å². The normalized spacial score (nSPS) is 12.5. The highest BCUT2D eigenvalue weighted by Gasteiger charge is 2.16. The third-order valence-corrected chi connectivity index (χ3v) is 3.54. The number of benzene rings is 1. The van der Waals surface area contributed by atoms with Crippen LogP contribution >= 0.6 is 0 Å². The fraction of sp³-hybridized carbons (Fsp3) is 0.571. The summed E-state index contributed by atoms with van der Waals surface area (Å²) in [5.41, 5.74) is 7.78. The molecule has 1 rings (SSSR count). The fourth-order valence-electron chi connectivity index (χ4n) is 2.02. The van der Waals surface area contributed by atoms with Crippen LogP contribution in [0.15, 0.2) is 18.2 Å². The Morgan fingerprint density at radius 3 is 2.58 bits per heavy atom. The molecule has 0 fully saturated rings. The highest BCUT2D eigenvalue weighted by atomic mass is 16.6. The lowest BCUT2D eigenvalue weighted by Gasteiger charge is -2.24. The van der Waals surface area contributed by atoms with Gasteiger partial charge in [0.1, 0.15) is 0 Å². The summed E-state index contributed by atoms with van der Waals surface area (Å²) in [5.74, 6) is 0.444. The van der Waals surface area contributed by atoms with Gasteiger partial charge in [-0.1, -0.05) is 19.9 Å². The highest BCUT2D eigenvalue weighted by molar-refractivity contribution is 5.60. The van der Waals surface area contributed by atoms with Crippen molar-refractivity contribution in [2.75, 3.05) is 18.5 Å². The maximum atomic E-state index is 10.9. The standard InChI is InChI=1S/C14H23N3O2/c1-10(2)12(15)8-9-16(4)13-6-5-7-14(11(13)3)17(18)19/h5-7,10,12H,8-9,15H2,1-4H3. The van der Waals surface area contributed by atoms with Gasteiger partial charge < -0.3 is 10.6 Å². The van der Waals surface area contributed by atoms with E-state index >= 15 is 0 Å². The maximum Gasteiger partial charge on any atom is 0.274 e. The smallest absolute Gasteiger partial charge is 0.274 e. The Kier molecular flexibility index (Phi) is 5.30. The molecule has 0 heterocycles. The quantitative estimate of drug-likeness (QED) is 0.634. The highest BCUT2D eigenvalue weighted by Crippen LogP contribution is 2.27. The molecule has 0 saturated heterocycles. The predicted octanol–water partition coefficient (Wildman–Crippen LogP) is 2.71. The van der Waals surface area contributed by atoms with Gasteiger partial charge in [0.05, 0.1) is 4.92 Å². The molecule has 5 heteroatoms. The first-order valence-electron chi connectivity index (χ1n) is 6.55. The van der Waals surface area contributed by atoms with Crippen LogP contribution in [0.5, 0.6) is 0 Å². The number of rotatable bonds is 6. The molecular formula is C14H23N3O2. The molecule has 2 N–H and O–H groups in total. The molecule has 5 nitrogen and oxygen atoms in total. The largest absolute Gasteiger partial charge is 0.374 e. The molecule has 0 bridgehead atoms. The number of nitro benzene ring substituents is 1. The molecule has 0 aliphatic heterocycles. The van der Waals surface area contributed by atoms with Crippen molar-refractivity contribution in [1.82, 2.24) is 0 Å². The van der Waals surface area contributed by atoms with E-state index in [0.717, 1.165) is 18.7 Å². The second-order valence-corrected chi connectivity index (χ2v) is 5.30. The average Bonchev–Trinajstić information content (AvgIpc) is 2.35. The van der Waals surface area contributed by atoms with Crippen LogP contribution in [-0.2, 0) is 0 Å². The van der Waals surface area contributed by atoms with Gasteiger partial charge in [-0.2, -0.15) is 0 Å². The lowest BCUT2D eigenvalue weighted by Crippen LogP contribution is -2.32. The summed E-state index contributed by atoms with van der Waals surface area (Å²) in [5, 5.41) is 10.9. The Bertz CT molecular complexity index is 446. The molecule has 0 aromatic heterocycles. The Morgan fingerprint density at radius 1 is 1.42 bits per heavy atom. The Labute approximate surface area is 114 Å². The Balaban J connectivity index is 2.80. The van der Waals surface area contributed by atoms with E-state index in [0.29, 0.717) is 11.5 Å². The summed E-state index contributed by atoms with van der Waals surface area (Å²) in [6.45, 7) is 6.78. The van der Waals surface area contributed by atoms with Gasteiger partial charge in [-0.25, -0.2) is 0 Å². The van der Waals surface area contributed by atoms with Crippen molar-refractivity contribution >= 4 is 11.4 Å². The van der Waals surface area contributed by atoms with Crippen molar-refractivity contribution in [3.8, 4) is 0 Å². The van der Waals surface area contributed by atoms with Crippen LogP contribution in [0.25, 0.3) is 0 Å². The van der Waals surface area contributed by atoms with Crippen LogP contribution in [0, 0.1) is 23.0 Å². The van der Waals surface area contributed by atoms with Crippen LogP contribution in [-0.4, -0.2) is 24.6 Å². The minimum atomic E-state index is -0.341. The minimum absolute atomic E-state index is 0.154. The van der Waals surface area contributed by atoms with Gasteiger partial charge in [0.2, 0.25) is 0 Å². The molecule has 0 radical (unpaired) electrons. The van der Waals surface area contributed by atoms with Crippen LogP contribution < -0.4 is 10.6 Å². The summed E-state index contributed by atoms with van der Waals surface area (Å²) in [4.78, 5) is 12.6. The van der Waals surface area contributed by atoms with Gasteiger partial charge >= 0.3 is 0 Å². The molecular weight excluding hydrogens is 242 g/mol. The fourth-order valence-corrected chi connectivity index (χ4v) is 2.02. The molecule has 1 unspecified atom stereocenters. The molecule has 1 atom stereocenters. The molecule has 0 aliphatic rings. The van der Waals surface area contributed by atoms with Crippen molar-refractivity contribution in [1.29, 1.82) is 0 Å². The zero-order valence-corrected chi connectivity index (χ0v) is 12.1. The molecule has 0 spiro atoms. The third-order valence-electron chi connectivity index (χ3n) is 3.54. The van der Waals surface area contributed by atoms with Gasteiger partial charge in [0, 0.05) is 37.0 Å². The molecule has 0 saturated carbocycles. The lowest BCUT2D eigenvalue weighted by molar-refractivity contribution is -0.385. The van der Waals surface area contributed by atoms with E-state index in [-0.39, 0.29) is 16.7 Å². The summed E-state index contributed by atoms with van der Waals surface area (Å²) in [6, 6.07) is 5.32. The zero-order chi connectivity index (χ0) is 14.6. The Hall–Kier alpha value is -1.62. The van der Waals surface area contributed by atoms with Crippen LogP contribution in [0.1, 0.15) is 25.8 Å². The van der Waals surface area contributed by atoms with E-state index in [2.05, 4.69) is 13.8 Å². The Morgan fingerprint density at radius 2 is 2.05 bits per heavy atom. The summed E-state index contributed by atoms with van der Waals surface area (Å²) >= 11 is 0. The molecule has 1 aromatic rings. The first kappa shape index (κ1) is 15.4. The number of hydrogen-bond donors (Lipinski definition) is 1. The minimum Gasteiger partial charge on any atom is -0.374 e. The molecule has 0 amide bonds. The number of anilines is 1. The second-order valence-electron chi connectivity index (χ2n) is 5.30. The lowest BCUT2D eigenvalue weighted by atomic mass is 10.0. The van der Waals surface area contributed by atoms with Crippen molar-refractivity contribution < 1.29 is 4.92 Å². The van der Waals surface area contributed by atoms with Crippen molar-refractivity contribution in [3.05, 3.63) is 33.9 Å². The summed E-state index contributed by atoms with van der Waals surface area (Å²) in [6.07, 6.45) is 0.871.